The Morgan fingerprint density at radius 3 is 2.52 bits per heavy atom. The molecule has 0 aliphatic carbocycles. The molecule has 1 atom stereocenters. The molecule has 8 heteroatoms. The molecule has 1 aromatic carbocycles. The molecule has 1 amide bonds. The van der Waals surface area contributed by atoms with Gasteiger partial charge in [0.15, 0.2) is 11.5 Å². The minimum Gasteiger partial charge on any atom is -0.486 e. The zero-order valence-corrected chi connectivity index (χ0v) is 16.5. The molecule has 1 aromatic rings. The van der Waals surface area contributed by atoms with Crippen molar-refractivity contribution in [1.82, 2.24) is 9.21 Å². The predicted molar refractivity (Wildman–Crippen MR) is 99.4 cm³/mol. The molecule has 0 saturated carbocycles. The topological polar surface area (TPSA) is 76.2 Å². The number of hydrogen-bond acceptors (Lipinski definition) is 5. The van der Waals surface area contributed by atoms with Crippen LogP contribution in [-0.4, -0.2) is 61.9 Å². The molecule has 3 aliphatic heterocycles. The van der Waals surface area contributed by atoms with Crippen molar-refractivity contribution >= 4 is 15.9 Å². The highest BCUT2D eigenvalue weighted by molar-refractivity contribution is 7.89. The van der Waals surface area contributed by atoms with Gasteiger partial charge in [0.25, 0.3) is 0 Å². The first-order valence-corrected chi connectivity index (χ1v) is 11.1. The van der Waals surface area contributed by atoms with E-state index in [-0.39, 0.29) is 10.8 Å². The second kappa shape index (κ2) is 6.98. The summed E-state index contributed by atoms with van der Waals surface area (Å²) in [7, 11) is -3.80. The summed E-state index contributed by atoms with van der Waals surface area (Å²) in [6, 6.07) is 4.70. The van der Waals surface area contributed by atoms with E-state index in [0.717, 1.165) is 12.8 Å². The Kier molecular flexibility index (Phi) is 4.80. The first-order valence-electron chi connectivity index (χ1n) is 9.71. The summed E-state index contributed by atoms with van der Waals surface area (Å²) in [5, 5.41) is 0. The summed E-state index contributed by atoms with van der Waals surface area (Å²) in [6.45, 7) is 4.66. The van der Waals surface area contributed by atoms with Crippen LogP contribution in [0.15, 0.2) is 23.1 Å². The van der Waals surface area contributed by atoms with Crippen LogP contribution in [0.2, 0.25) is 0 Å². The summed E-state index contributed by atoms with van der Waals surface area (Å²) in [5.41, 5.74) is -0.931. The molecule has 0 bridgehead atoms. The fourth-order valence-electron chi connectivity index (χ4n) is 4.53. The van der Waals surface area contributed by atoms with Gasteiger partial charge in [-0.15, -0.1) is 0 Å². The lowest BCUT2D eigenvalue weighted by Gasteiger charge is -2.43. The maximum atomic E-state index is 13.5. The average molecular weight is 394 g/mol. The number of benzene rings is 1. The Bertz CT molecular complexity index is 839. The van der Waals surface area contributed by atoms with E-state index in [1.807, 2.05) is 11.8 Å². The standard InChI is InChI=1S/C19H26N2O5S/c1-2-9-20-10-3-7-19(18(20)22)8-4-11-21(19)27(23,24)15-5-6-16-17(14-15)26-13-12-25-16/h5-6,14H,2-4,7-13H2,1H3. The van der Waals surface area contributed by atoms with Crippen molar-refractivity contribution in [3.05, 3.63) is 18.2 Å². The normalized spacial score (nSPS) is 26.0. The molecular weight excluding hydrogens is 368 g/mol. The molecule has 7 nitrogen and oxygen atoms in total. The number of amides is 1. The van der Waals surface area contributed by atoms with Gasteiger partial charge in [-0.3, -0.25) is 4.79 Å². The van der Waals surface area contributed by atoms with E-state index < -0.39 is 15.6 Å². The summed E-state index contributed by atoms with van der Waals surface area (Å²) in [4.78, 5) is 15.2. The maximum Gasteiger partial charge on any atom is 0.244 e. The fourth-order valence-corrected chi connectivity index (χ4v) is 6.37. The van der Waals surface area contributed by atoms with Crippen LogP contribution < -0.4 is 9.47 Å². The molecule has 3 aliphatic rings. The minimum atomic E-state index is -3.80. The number of likely N-dealkylation sites (tertiary alicyclic amines) is 1. The Labute approximate surface area is 160 Å². The van der Waals surface area contributed by atoms with E-state index in [2.05, 4.69) is 0 Å². The Morgan fingerprint density at radius 2 is 1.78 bits per heavy atom. The number of ether oxygens (including phenoxy) is 2. The van der Waals surface area contributed by atoms with E-state index in [9.17, 15) is 13.2 Å². The van der Waals surface area contributed by atoms with Gasteiger partial charge in [0.1, 0.15) is 18.8 Å². The molecule has 2 fully saturated rings. The molecule has 3 heterocycles. The summed E-state index contributed by atoms with van der Waals surface area (Å²) < 4.78 is 39.4. The molecule has 0 N–H and O–H groups in total. The van der Waals surface area contributed by atoms with Crippen molar-refractivity contribution in [3.8, 4) is 11.5 Å². The quantitative estimate of drug-likeness (QED) is 0.781. The summed E-state index contributed by atoms with van der Waals surface area (Å²) in [6.07, 6.45) is 3.59. The van der Waals surface area contributed by atoms with Crippen LogP contribution in [0.25, 0.3) is 0 Å². The number of hydrogen-bond donors (Lipinski definition) is 0. The highest BCUT2D eigenvalue weighted by Crippen LogP contribution is 2.43. The number of carbonyl (C=O) groups is 1. The van der Waals surface area contributed by atoms with Gasteiger partial charge in [-0.2, -0.15) is 4.31 Å². The highest BCUT2D eigenvalue weighted by Gasteiger charge is 2.55. The monoisotopic (exact) mass is 394 g/mol. The molecule has 0 radical (unpaired) electrons. The van der Waals surface area contributed by atoms with E-state index in [1.54, 1.807) is 12.1 Å². The van der Waals surface area contributed by atoms with Gasteiger partial charge in [0.2, 0.25) is 15.9 Å². The molecule has 4 rings (SSSR count). The number of nitrogens with zero attached hydrogens (tertiary/aromatic N) is 2. The Morgan fingerprint density at radius 1 is 1.07 bits per heavy atom. The number of fused-ring (bicyclic) bond motifs is 1. The molecule has 1 unspecified atom stereocenters. The third kappa shape index (κ3) is 2.99. The van der Waals surface area contributed by atoms with Crippen LogP contribution in [0, 0.1) is 0 Å². The molecule has 27 heavy (non-hydrogen) atoms. The second-order valence-electron chi connectivity index (χ2n) is 7.41. The average Bonchev–Trinajstić information content (AvgIpc) is 3.11. The SMILES string of the molecule is CCCN1CCCC2(CCCN2S(=O)(=O)c2ccc3c(c2)OCCO3)C1=O. The van der Waals surface area contributed by atoms with Crippen molar-refractivity contribution in [1.29, 1.82) is 0 Å². The van der Waals surface area contributed by atoms with Crippen molar-refractivity contribution in [2.45, 2.75) is 49.5 Å². The largest absolute Gasteiger partial charge is 0.486 e. The number of rotatable bonds is 4. The molecule has 2 saturated heterocycles. The molecule has 148 valence electrons. The van der Waals surface area contributed by atoms with Gasteiger partial charge in [0, 0.05) is 25.7 Å². The van der Waals surface area contributed by atoms with Gasteiger partial charge in [0.05, 0.1) is 4.90 Å². The third-order valence-electron chi connectivity index (χ3n) is 5.73. The van der Waals surface area contributed by atoms with Gasteiger partial charge >= 0.3 is 0 Å². The zero-order chi connectivity index (χ0) is 19.1. The Balaban J connectivity index is 1.69. The first kappa shape index (κ1) is 18.6. The number of piperidine rings is 1. The number of carbonyl (C=O) groups excluding carboxylic acids is 1. The lowest BCUT2D eigenvalue weighted by molar-refractivity contribution is -0.144. The van der Waals surface area contributed by atoms with Gasteiger partial charge in [-0.25, -0.2) is 8.42 Å². The maximum absolute atomic E-state index is 13.5. The van der Waals surface area contributed by atoms with Crippen molar-refractivity contribution in [2.24, 2.45) is 0 Å². The minimum absolute atomic E-state index is 0.0331. The van der Waals surface area contributed by atoms with E-state index in [1.165, 1.54) is 10.4 Å². The van der Waals surface area contributed by atoms with Crippen LogP contribution in [0.3, 0.4) is 0 Å². The number of sulfonamides is 1. The smallest absolute Gasteiger partial charge is 0.244 e. The van der Waals surface area contributed by atoms with Crippen molar-refractivity contribution in [2.75, 3.05) is 32.8 Å². The van der Waals surface area contributed by atoms with Crippen molar-refractivity contribution in [3.63, 3.8) is 0 Å². The molecule has 0 aromatic heterocycles. The van der Waals surface area contributed by atoms with Crippen LogP contribution >= 0.6 is 0 Å². The predicted octanol–water partition coefficient (Wildman–Crippen LogP) is 2.01. The molecule has 1 spiro atoms. The third-order valence-corrected chi connectivity index (χ3v) is 7.69. The van der Waals surface area contributed by atoms with Gasteiger partial charge in [-0.1, -0.05) is 6.92 Å². The molecular formula is C19H26N2O5S. The summed E-state index contributed by atoms with van der Waals surface area (Å²) in [5.74, 6) is 0.964. The van der Waals surface area contributed by atoms with Crippen molar-refractivity contribution < 1.29 is 22.7 Å². The van der Waals surface area contributed by atoms with Crippen LogP contribution in [0.1, 0.15) is 39.0 Å². The lowest BCUT2D eigenvalue weighted by atomic mass is 9.86. The van der Waals surface area contributed by atoms with Gasteiger partial charge in [-0.05, 0) is 44.2 Å². The van der Waals surface area contributed by atoms with E-state index in [0.29, 0.717) is 63.6 Å². The summed E-state index contributed by atoms with van der Waals surface area (Å²) >= 11 is 0. The fraction of sp³-hybridized carbons (Fsp3) is 0.632. The van der Waals surface area contributed by atoms with Crippen LogP contribution in [0.4, 0.5) is 0 Å². The van der Waals surface area contributed by atoms with Crippen LogP contribution in [-0.2, 0) is 14.8 Å². The zero-order valence-electron chi connectivity index (χ0n) is 15.6. The van der Waals surface area contributed by atoms with Crippen LogP contribution in [0.5, 0.6) is 11.5 Å². The first-order chi connectivity index (χ1) is 13.0. The highest BCUT2D eigenvalue weighted by atomic mass is 32.2. The second-order valence-corrected chi connectivity index (χ2v) is 9.28. The van der Waals surface area contributed by atoms with E-state index >= 15 is 0 Å². The van der Waals surface area contributed by atoms with E-state index in [4.69, 9.17) is 9.47 Å². The lowest BCUT2D eigenvalue weighted by Crippen LogP contribution is -2.61. The van der Waals surface area contributed by atoms with Gasteiger partial charge < -0.3 is 14.4 Å². The Hall–Kier alpha value is -1.80.